The lowest BCUT2D eigenvalue weighted by Gasteiger charge is -1.96. The van der Waals surface area contributed by atoms with E-state index in [2.05, 4.69) is 5.10 Å². The van der Waals surface area contributed by atoms with Gasteiger partial charge < -0.3 is 0 Å². The molecule has 1 atom stereocenters. The predicted octanol–water partition coefficient (Wildman–Crippen LogP) is 0.565. The number of hydrogen-bond acceptors (Lipinski definition) is 1. The lowest BCUT2D eigenvalue weighted by Crippen LogP contribution is -2.04. The number of rotatable bonds is 1. The first-order chi connectivity index (χ1) is 5.50. The van der Waals surface area contributed by atoms with Crippen LogP contribution < -0.4 is 5.46 Å². The maximum Gasteiger partial charge on any atom is 0.272 e. The van der Waals surface area contributed by atoms with Crippen molar-refractivity contribution >= 4 is 13.3 Å². The van der Waals surface area contributed by atoms with E-state index in [1.165, 1.54) is 10.9 Å². The molecule has 1 saturated carbocycles. The molecule has 0 aliphatic heterocycles. The van der Waals surface area contributed by atoms with Crippen molar-refractivity contribution in [2.75, 3.05) is 0 Å². The predicted molar refractivity (Wildman–Crippen MR) is 41.0 cm³/mol. The third kappa shape index (κ3) is 1.04. The molecule has 12 heavy (non-hydrogen) atoms. The number of aryl methyl sites for hydroxylation is 1. The van der Waals surface area contributed by atoms with Crippen molar-refractivity contribution in [3.05, 3.63) is 11.9 Å². The summed E-state index contributed by atoms with van der Waals surface area (Å²) in [5.74, 6) is -2.58. The van der Waals surface area contributed by atoms with Crippen LogP contribution in [0.25, 0.3) is 0 Å². The van der Waals surface area contributed by atoms with Crippen LogP contribution in [0, 0.1) is 6.92 Å². The van der Waals surface area contributed by atoms with Crippen molar-refractivity contribution in [2.45, 2.75) is 25.3 Å². The minimum Gasteiger partial charge on any atom is -0.264 e. The van der Waals surface area contributed by atoms with Crippen molar-refractivity contribution in [1.29, 1.82) is 0 Å². The van der Waals surface area contributed by atoms with Crippen molar-refractivity contribution < 1.29 is 8.78 Å². The zero-order valence-electron chi connectivity index (χ0n) is 6.59. The minimum atomic E-state index is -2.58. The Labute approximate surface area is 70.0 Å². The fourth-order valence-corrected chi connectivity index (χ4v) is 1.14. The normalized spacial score (nSPS) is 25.8. The molecule has 2 nitrogen and oxygen atoms in total. The van der Waals surface area contributed by atoms with Crippen LogP contribution in [0.4, 0.5) is 8.78 Å². The zero-order valence-corrected chi connectivity index (χ0v) is 6.59. The van der Waals surface area contributed by atoms with E-state index in [9.17, 15) is 8.78 Å². The average molecular weight is 168 g/mol. The lowest BCUT2D eigenvalue weighted by atomic mass is 9.98. The number of halogens is 2. The van der Waals surface area contributed by atoms with Gasteiger partial charge in [0.25, 0.3) is 5.92 Å². The molecule has 0 N–H and O–H groups in total. The van der Waals surface area contributed by atoms with Gasteiger partial charge in [-0.2, -0.15) is 5.10 Å². The fourth-order valence-electron chi connectivity index (χ4n) is 1.14. The number of alkyl halides is 2. The summed E-state index contributed by atoms with van der Waals surface area (Å²) in [6.07, 6.45) is 1.34. The topological polar surface area (TPSA) is 17.8 Å². The number of hydrogen-bond donors (Lipinski definition) is 0. The second-order valence-corrected chi connectivity index (χ2v) is 3.13. The van der Waals surface area contributed by atoms with E-state index in [0.29, 0.717) is 11.2 Å². The van der Waals surface area contributed by atoms with Gasteiger partial charge in [0.15, 0.2) is 0 Å². The smallest absolute Gasteiger partial charge is 0.264 e. The molecule has 0 aromatic carbocycles. The quantitative estimate of drug-likeness (QED) is 0.560. The average Bonchev–Trinajstić information content (AvgIpc) is 2.45. The highest BCUT2D eigenvalue weighted by Crippen LogP contribution is 2.51. The van der Waals surface area contributed by atoms with Gasteiger partial charge in [-0.15, -0.1) is 0 Å². The molecular weight excluding hydrogens is 161 g/mol. The van der Waals surface area contributed by atoms with Gasteiger partial charge in [0, 0.05) is 12.6 Å². The van der Waals surface area contributed by atoms with Crippen LogP contribution >= 0.6 is 0 Å². The van der Waals surface area contributed by atoms with Crippen molar-refractivity contribution in [3.63, 3.8) is 0 Å². The van der Waals surface area contributed by atoms with Gasteiger partial charge in [-0.05, 0) is 6.92 Å². The maximum absolute atomic E-state index is 12.5. The van der Waals surface area contributed by atoms with E-state index >= 15 is 0 Å². The molecule has 2 radical (unpaired) electrons. The van der Waals surface area contributed by atoms with Gasteiger partial charge >= 0.3 is 0 Å². The van der Waals surface area contributed by atoms with Crippen LogP contribution in [0.2, 0.25) is 0 Å². The Balaban J connectivity index is 2.26. The monoisotopic (exact) mass is 168 g/mol. The summed E-state index contributed by atoms with van der Waals surface area (Å²) >= 11 is 0. The molecule has 5 heteroatoms. The molecule has 1 aromatic heterocycles. The maximum atomic E-state index is 12.5. The van der Waals surface area contributed by atoms with E-state index in [1.807, 2.05) is 0 Å². The molecule has 0 saturated heterocycles. The zero-order chi connectivity index (χ0) is 8.93. The molecular formula is C7H7BF2N2. The SMILES string of the molecule is [B]c1cn(C2CC2(F)F)nc1C. The van der Waals surface area contributed by atoms with Gasteiger partial charge in [-0.25, -0.2) is 8.78 Å². The molecule has 62 valence electrons. The number of aromatic nitrogens is 2. The molecule has 1 unspecified atom stereocenters. The highest BCUT2D eigenvalue weighted by atomic mass is 19.3. The molecule has 0 spiro atoms. The van der Waals surface area contributed by atoms with Crippen LogP contribution in [0.3, 0.4) is 0 Å². The standard InChI is InChI=1S/C7H7BF2N2/c1-4-5(8)3-12(11-4)6-2-7(6,9)10/h3,6H,2H2,1H3. The molecule has 1 heterocycles. The first-order valence-electron chi connectivity index (χ1n) is 3.70. The van der Waals surface area contributed by atoms with Gasteiger partial charge in [0.1, 0.15) is 13.9 Å². The van der Waals surface area contributed by atoms with Crippen molar-refractivity contribution in [1.82, 2.24) is 9.78 Å². The molecule has 0 bridgehead atoms. The Bertz CT molecular complexity index is 302. The molecule has 2 rings (SSSR count). The van der Waals surface area contributed by atoms with Crippen LogP contribution in [0.15, 0.2) is 6.20 Å². The van der Waals surface area contributed by atoms with Gasteiger partial charge in [-0.1, -0.05) is 5.46 Å². The molecule has 0 amide bonds. The minimum absolute atomic E-state index is 0.117. The second kappa shape index (κ2) is 2.09. The summed E-state index contributed by atoms with van der Waals surface area (Å²) in [6.45, 7) is 1.70. The summed E-state index contributed by atoms with van der Waals surface area (Å²) in [5.41, 5.74) is 1.08. The Hall–Kier alpha value is -0.865. The first-order valence-corrected chi connectivity index (χ1v) is 3.70. The molecule has 1 aromatic rings. The molecule has 1 fully saturated rings. The highest BCUT2D eigenvalue weighted by molar-refractivity contribution is 6.32. The van der Waals surface area contributed by atoms with Crippen LogP contribution in [0.5, 0.6) is 0 Å². The van der Waals surface area contributed by atoms with Gasteiger partial charge in [0.05, 0.1) is 5.69 Å². The highest BCUT2D eigenvalue weighted by Gasteiger charge is 2.59. The van der Waals surface area contributed by atoms with E-state index < -0.39 is 12.0 Å². The largest absolute Gasteiger partial charge is 0.272 e. The van der Waals surface area contributed by atoms with Crippen molar-refractivity contribution in [3.8, 4) is 0 Å². The van der Waals surface area contributed by atoms with Crippen LogP contribution in [0.1, 0.15) is 18.2 Å². The van der Waals surface area contributed by atoms with E-state index in [1.54, 1.807) is 6.92 Å². The molecule has 1 aliphatic rings. The Morgan fingerprint density at radius 2 is 2.33 bits per heavy atom. The summed E-state index contributed by atoms with van der Waals surface area (Å²) in [4.78, 5) is 0. The Morgan fingerprint density at radius 1 is 1.75 bits per heavy atom. The Morgan fingerprint density at radius 3 is 2.67 bits per heavy atom. The van der Waals surface area contributed by atoms with Crippen LogP contribution in [-0.2, 0) is 0 Å². The van der Waals surface area contributed by atoms with E-state index in [0.717, 1.165) is 0 Å². The molecule has 1 aliphatic carbocycles. The van der Waals surface area contributed by atoms with Crippen molar-refractivity contribution in [2.24, 2.45) is 0 Å². The third-order valence-corrected chi connectivity index (χ3v) is 2.07. The summed E-state index contributed by atoms with van der Waals surface area (Å²) in [6, 6.07) is -0.770. The third-order valence-electron chi connectivity index (χ3n) is 2.07. The first kappa shape index (κ1) is 7.77. The number of nitrogens with zero attached hydrogens (tertiary/aromatic N) is 2. The summed E-state index contributed by atoms with van der Waals surface area (Å²) in [7, 11) is 5.47. The Kier molecular flexibility index (Phi) is 1.35. The van der Waals surface area contributed by atoms with Gasteiger partial charge in [-0.3, -0.25) is 4.68 Å². The van der Waals surface area contributed by atoms with Crippen LogP contribution in [-0.4, -0.2) is 23.5 Å². The van der Waals surface area contributed by atoms with E-state index in [-0.39, 0.29) is 6.42 Å². The summed E-state index contributed by atoms with van der Waals surface area (Å²) in [5, 5.41) is 3.88. The summed E-state index contributed by atoms with van der Waals surface area (Å²) < 4.78 is 26.3. The fraction of sp³-hybridized carbons (Fsp3) is 0.571. The van der Waals surface area contributed by atoms with E-state index in [4.69, 9.17) is 7.85 Å². The second-order valence-electron chi connectivity index (χ2n) is 3.13. The lowest BCUT2D eigenvalue weighted by molar-refractivity contribution is 0.0983. The van der Waals surface area contributed by atoms with Gasteiger partial charge in [0.2, 0.25) is 0 Å².